The largest absolute Gasteiger partial charge is 0.357 e. The Balaban J connectivity index is 1.47. The van der Waals surface area contributed by atoms with Crippen LogP contribution >= 0.6 is 0 Å². The van der Waals surface area contributed by atoms with E-state index in [0.29, 0.717) is 12.0 Å². The van der Waals surface area contributed by atoms with Crippen molar-refractivity contribution in [2.75, 3.05) is 19.6 Å². The SMILES string of the molecule is CCNC(=NCc1cccc(-c2ncn[nH]2)c1)N1CCC2(CCCC2)C1. The molecule has 0 radical (unpaired) electrons. The minimum absolute atomic E-state index is 0.558. The van der Waals surface area contributed by atoms with Crippen molar-refractivity contribution in [1.82, 2.24) is 25.4 Å². The van der Waals surface area contributed by atoms with Crippen LogP contribution in [0, 0.1) is 5.41 Å². The van der Waals surface area contributed by atoms with Gasteiger partial charge in [0.25, 0.3) is 0 Å². The molecule has 0 atom stereocenters. The second kappa shape index (κ2) is 7.48. The zero-order valence-electron chi connectivity index (χ0n) is 15.5. The first-order valence-electron chi connectivity index (χ1n) is 9.76. The van der Waals surface area contributed by atoms with Crippen LogP contribution in [0.4, 0.5) is 0 Å². The maximum atomic E-state index is 4.93. The highest BCUT2D eigenvalue weighted by Gasteiger charge is 2.41. The van der Waals surface area contributed by atoms with Gasteiger partial charge in [-0.25, -0.2) is 9.98 Å². The molecular formula is C20H28N6. The topological polar surface area (TPSA) is 69.2 Å². The summed E-state index contributed by atoms with van der Waals surface area (Å²) in [7, 11) is 0. The monoisotopic (exact) mass is 352 g/mol. The number of hydrogen-bond acceptors (Lipinski definition) is 3. The van der Waals surface area contributed by atoms with Crippen LogP contribution in [-0.4, -0.2) is 45.7 Å². The third-order valence-electron chi connectivity index (χ3n) is 5.76. The van der Waals surface area contributed by atoms with E-state index in [2.05, 4.69) is 50.5 Å². The Morgan fingerprint density at radius 3 is 2.96 bits per heavy atom. The minimum Gasteiger partial charge on any atom is -0.357 e. The first-order chi connectivity index (χ1) is 12.8. The molecule has 1 aliphatic carbocycles. The van der Waals surface area contributed by atoms with Crippen LogP contribution in [0.25, 0.3) is 11.4 Å². The van der Waals surface area contributed by atoms with Crippen molar-refractivity contribution in [1.29, 1.82) is 0 Å². The Kier molecular flexibility index (Phi) is 4.91. The van der Waals surface area contributed by atoms with Crippen molar-refractivity contribution in [3.8, 4) is 11.4 Å². The molecule has 2 aliphatic rings. The Bertz CT molecular complexity index is 745. The number of rotatable bonds is 4. The van der Waals surface area contributed by atoms with Gasteiger partial charge >= 0.3 is 0 Å². The quantitative estimate of drug-likeness (QED) is 0.655. The number of benzene rings is 1. The molecule has 2 fully saturated rings. The number of hydrogen-bond donors (Lipinski definition) is 2. The van der Waals surface area contributed by atoms with Crippen LogP contribution in [0.1, 0.15) is 44.6 Å². The second-order valence-corrected chi connectivity index (χ2v) is 7.58. The first kappa shape index (κ1) is 17.1. The Labute approximate surface area is 155 Å². The molecule has 1 aromatic heterocycles. The van der Waals surface area contributed by atoms with Crippen molar-refractivity contribution in [2.24, 2.45) is 10.4 Å². The number of aromatic amines is 1. The summed E-state index contributed by atoms with van der Waals surface area (Å²) in [4.78, 5) is 11.6. The van der Waals surface area contributed by atoms with Crippen LogP contribution in [0.5, 0.6) is 0 Å². The van der Waals surface area contributed by atoms with Crippen molar-refractivity contribution in [3.63, 3.8) is 0 Å². The van der Waals surface area contributed by atoms with E-state index in [9.17, 15) is 0 Å². The first-order valence-corrected chi connectivity index (χ1v) is 9.76. The Hall–Kier alpha value is -2.37. The third-order valence-corrected chi connectivity index (χ3v) is 5.76. The van der Waals surface area contributed by atoms with Gasteiger partial charge in [0.2, 0.25) is 0 Å². The molecule has 1 saturated carbocycles. The van der Waals surface area contributed by atoms with Gasteiger partial charge in [0, 0.05) is 25.2 Å². The zero-order chi connectivity index (χ0) is 17.8. The predicted molar refractivity (Wildman–Crippen MR) is 104 cm³/mol. The number of guanidine groups is 1. The highest BCUT2D eigenvalue weighted by molar-refractivity contribution is 5.80. The van der Waals surface area contributed by atoms with Crippen LogP contribution in [0.3, 0.4) is 0 Å². The zero-order valence-corrected chi connectivity index (χ0v) is 15.5. The number of nitrogens with one attached hydrogen (secondary N) is 2. The van der Waals surface area contributed by atoms with E-state index in [0.717, 1.165) is 37.0 Å². The van der Waals surface area contributed by atoms with Crippen LogP contribution < -0.4 is 5.32 Å². The van der Waals surface area contributed by atoms with Gasteiger partial charge in [0.1, 0.15) is 6.33 Å². The van der Waals surface area contributed by atoms with Gasteiger partial charge in [0.05, 0.1) is 6.54 Å². The summed E-state index contributed by atoms with van der Waals surface area (Å²) in [6, 6.07) is 8.35. The lowest BCUT2D eigenvalue weighted by Crippen LogP contribution is -2.41. The lowest BCUT2D eigenvalue weighted by Gasteiger charge is -2.26. The summed E-state index contributed by atoms with van der Waals surface area (Å²) in [5, 5.41) is 10.3. The van der Waals surface area contributed by atoms with Crippen LogP contribution in [0.2, 0.25) is 0 Å². The average molecular weight is 352 g/mol. The average Bonchev–Trinajstić information content (AvgIpc) is 3.43. The van der Waals surface area contributed by atoms with Crippen molar-refractivity contribution in [2.45, 2.75) is 45.6 Å². The fourth-order valence-corrected chi connectivity index (χ4v) is 4.40. The number of aromatic nitrogens is 3. The predicted octanol–water partition coefficient (Wildman–Crippen LogP) is 3.20. The number of aliphatic imine (C=N–C) groups is 1. The standard InChI is InChI=1S/C20H28N6/c1-2-21-19(26-11-10-20(14-26)8-3-4-9-20)22-13-16-6-5-7-17(12-16)18-23-15-24-25-18/h5-7,12,15H,2-4,8-11,13-14H2,1H3,(H,21,22)(H,23,24,25). The molecule has 1 aromatic carbocycles. The van der Waals surface area contributed by atoms with E-state index < -0.39 is 0 Å². The highest BCUT2D eigenvalue weighted by atomic mass is 15.3. The molecular weight excluding hydrogens is 324 g/mol. The van der Waals surface area contributed by atoms with E-state index in [1.165, 1.54) is 44.0 Å². The summed E-state index contributed by atoms with van der Waals surface area (Å²) in [6.45, 7) is 6.01. The second-order valence-electron chi connectivity index (χ2n) is 7.58. The molecule has 2 aromatic rings. The summed E-state index contributed by atoms with van der Waals surface area (Å²) in [6.07, 6.45) is 8.43. The van der Waals surface area contributed by atoms with Gasteiger partial charge in [0.15, 0.2) is 11.8 Å². The molecule has 1 aliphatic heterocycles. The van der Waals surface area contributed by atoms with E-state index in [4.69, 9.17) is 4.99 Å². The minimum atomic E-state index is 0.558. The number of likely N-dealkylation sites (tertiary alicyclic amines) is 1. The van der Waals surface area contributed by atoms with Crippen LogP contribution in [0.15, 0.2) is 35.6 Å². The van der Waals surface area contributed by atoms with E-state index >= 15 is 0 Å². The molecule has 138 valence electrons. The molecule has 0 unspecified atom stereocenters. The normalized spacial score (nSPS) is 19.4. The highest BCUT2D eigenvalue weighted by Crippen LogP contribution is 2.45. The van der Waals surface area contributed by atoms with E-state index in [1.807, 2.05) is 6.07 Å². The molecule has 26 heavy (non-hydrogen) atoms. The van der Waals surface area contributed by atoms with Gasteiger partial charge in [-0.3, -0.25) is 5.10 Å². The van der Waals surface area contributed by atoms with E-state index in [-0.39, 0.29) is 0 Å². The van der Waals surface area contributed by atoms with Gasteiger partial charge < -0.3 is 10.2 Å². The molecule has 2 heterocycles. The smallest absolute Gasteiger partial charge is 0.194 e. The third kappa shape index (κ3) is 3.59. The maximum Gasteiger partial charge on any atom is 0.194 e. The molecule has 1 spiro atoms. The van der Waals surface area contributed by atoms with Gasteiger partial charge in [-0.05, 0) is 43.2 Å². The summed E-state index contributed by atoms with van der Waals surface area (Å²) in [5.41, 5.74) is 2.79. The van der Waals surface area contributed by atoms with Crippen molar-refractivity contribution < 1.29 is 0 Å². The molecule has 6 heteroatoms. The fraction of sp³-hybridized carbons (Fsp3) is 0.550. The number of nitrogens with zero attached hydrogens (tertiary/aromatic N) is 4. The lowest BCUT2D eigenvalue weighted by atomic mass is 9.86. The molecule has 1 saturated heterocycles. The van der Waals surface area contributed by atoms with Gasteiger partial charge in [-0.1, -0.05) is 31.0 Å². The molecule has 6 nitrogen and oxygen atoms in total. The molecule has 0 bridgehead atoms. The summed E-state index contributed by atoms with van der Waals surface area (Å²) < 4.78 is 0. The van der Waals surface area contributed by atoms with Crippen molar-refractivity contribution in [3.05, 3.63) is 36.2 Å². The Morgan fingerprint density at radius 2 is 2.19 bits per heavy atom. The number of H-pyrrole nitrogens is 1. The van der Waals surface area contributed by atoms with Gasteiger partial charge in [-0.15, -0.1) is 0 Å². The lowest BCUT2D eigenvalue weighted by molar-refractivity contribution is 0.309. The maximum absolute atomic E-state index is 4.93. The van der Waals surface area contributed by atoms with Crippen LogP contribution in [-0.2, 0) is 6.54 Å². The molecule has 4 rings (SSSR count). The fourth-order valence-electron chi connectivity index (χ4n) is 4.40. The Morgan fingerprint density at radius 1 is 1.31 bits per heavy atom. The van der Waals surface area contributed by atoms with E-state index in [1.54, 1.807) is 0 Å². The molecule has 0 amide bonds. The summed E-state index contributed by atoms with van der Waals surface area (Å²) >= 11 is 0. The summed E-state index contributed by atoms with van der Waals surface area (Å²) in [5.74, 6) is 1.85. The molecule has 2 N–H and O–H groups in total. The van der Waals surface area contributed by atoms with Gasteiger partial charge in [-0.2, -0.15) is 5.10 Å². The van der Waals surface area contributed by atoms with Crippen molar-refractivity contribution >= 4 is 5.96 Å².